The first-order chi connectivity index (χ1) is 21.4. The summed E-state index contributed by atoms with van der Waals surface area (Å²) >= 11 is 0. The quantitative estimate of drug-likeness (QED) is 0.198. The Balaban J connectivity index is 1.49. The highest BCUT2D eigenvalue weighted by molar-refractivity contribution is 6.29. The van der Waals surface area contributed by atoms with Gasteiger partial charge in [-0.2, -0.15) is 0 Å². The molecule has 0 bridgehead atoms. The van der Waals surface area contributed by atoms with Crippen molar-refractivity contribution in [1.82, 2.24) is 18.5 Å². The van der Waals surface area contributed by atoms with Gasteiger partial charge in [0.1, 0.15) is 5.65 Å². The molecule has 0 radical (unpaired) electrons. The minimum absolute atomic E-state index is 0.969. The fourth-order valence-corrected chi connectivity index (χ4v) is 7.32. The van der Waals surface area contributed by atoms with Crippen LogP contribution in [0.15, 0.2) is 146 Å². The molecular formula is C39H24N4. The molecule has 6 aromatic carbocycles. The van der Waals surface area contributed by atoms with E-state index in [1.54, 1.807) is 0 Å². The van der Waals surface area contributed by atoms with Crippen LogP contribution in [0.5, 0.6) is 0 Å². The summed E-state index contributed by atoms with van der Waals surface area (Å²) in [7, 11) is 0. The van der Waals surface area contributed by atoms with Gasteiger partial charge in [-0.05, 0) is 54.6 Å². The Morgan fingerprint density at radius 1 is 0.419 bits per heavy atom. The molecule has 0 N–H and O–H groups in total. The van der Waals surface area contributed by atoms with Crippen molar-refractivity contribution < 1.29 is 0 Å². The maximum atomic E-state index is 4.91. The van der Waals surface area contributed by atoms with Crippen molar-refractivity contribution in [3.05, 3.63) is 146 Å². The predicted octanol–water partition coefficient (Wildman–Crippen LogP) is 9.83. The van der Waals surface area contributed by atoms with Crippen LogP contribution in [-0.2, 0) is 0 Å². The van der Waals surface area contributed by atoms with Gasteiger partial charge in [0.05, 0.1) is 27.6 Å². The third-order valence-electron chi connectivity index (χ3n) is 9.07. The number of hydrogen-bond acceptors (Lipinski definition) is 1. The molecule has 43 heavy (non-hydrogen) atoms. The smallest absolute Gasteiger partial charge is 0.145 e. The van der Waals surface area contributed by atoms with Gasteiger partial charge in [0, 0.05) is 61.5 Å². The number of para-hydroxylation sites is 4. The first-order valence-corrected chi connectivity index (χ1v) is 14.7. The molecular weight excluding hydrogens is 524 g/mol. The van der Waals surface area contributed by atoms with Gasteiger partial charge >= 0.3 is 0 Å². The molecule has 0 saturated carbocycles. The topological polar surface area (TPSA) is 27.2 Å². The molecule has 0 spiro atoms. The molecule has 0 unspecified atom stereocenters. The zero-order valence-corrected chi connectivity index (χ0v) is 23.1. The molecule has 4 nitrogen and oxygen atoms in total. The van der Waals surface area contributed by atoms with E-state index in [9.17, 15) is 0 Å². The highest BCUT2D eigenvalue weighted by Gasteiger charge is 2.21. The van der Waals surface area contributed by atoms with Crippen molar-refractivity contribution >= 4 is 70.9 Å². The van der Waals surface area contributed by atoms with E-state index < -0.39 is 0 Å². The van der Waals surface area contributed by atoms with Crippen LogP contribution in [0.25, 0.3) is 82.3 Å². The van der Waals surface area contributed by atoms with E-state index in [0.717, 1.165) is 27.9 Å². The fraction of sp³-hybridized carbons (Fsp3) is 0. The van der Waals surface area contributed by atoms with Crippen LogP contribution in [0.2, 0.25) is 0 Å². The number of nitrogens with zero attached hydrogens (tertiary/aromatic N) is 4. The molecule has 4 heterocycles. The number of benzene rings is 6. The predicted molar refractivity (Wildman–Crippen MR) is 179 cm³/mol. The number of pyridine rings is 1. The first kappa shape index (κ1) is 22.8. The average molecular weight is 549 g/mol. The van der Waals surface area contributed by atoms with Crippen molar-refractivity contribution in [3.63, 3.8) is 0 Å². The molecule has 200 valence electrons. The van der Waals surface area contributed by atoms with E-state index in [2.05, 4.69) is 153 Å². The maximum absolute atomic E-state index is 4.91. The summed E-state index contributed by atoms with van der Waals surface area (Å²) < 4.78 is 7.08. The van der Waals surface area contributed by atoms with Gasteiger partial charge in [-0.15, -0.1) is 0 Å². The van der Waals surface area contributed by atoms with Crippen molar-refractivity contribution in [2.45, 2.75) is 0 Å². The highest BCUT2D eigenvalue weighted by Crippen LogP contribution is 2.43. The number of aromatic nitrogens is 4. The Labute approximate surface area is 246 Å². The van der Waals surface area contributed by atoms with Crippen LogP contribution < -0.4 is 0 Å². The molecule has 10 rings (SSSR count). The Bertz CT molecular complexity index is 2700. The zero-order valence-electron chi connectivity index (χ0n) is 23.1. The normalized spacial score (nSPS) is 12.2. The summed E-state index contributed by atoms with van der Waals surface area (Å²) in [5.74, 6) is 0. The monoisotopic (exact) mass is 548 g/mol. The standard InChI is InChI=1S/C39H24N4/c1-3-11-25(12-4-1)42-33-17-9-8-16-28(33)31-23-32-35(24-36(31)42)41-22-21-40-39(41)30-20-19-29-27-15-7-10-18-34(27)43(38(29)37(30)32)26-13-5-2-6-14-26/h1-24H. The van der Waals surface area contributed by atoms with E-state index >= 15 is 0 Å². The van der Waals surface area contributed by atoms with Gasteiger partial charge in [0.15, 0.2) is 0 Å². The van der Waals surface area contributed by atoms with Crippen molar-refractivity contribution in [2.24, 2.45) is 0 Å². The van der Waals surface area contributed by atoms with Crippen LogP contribution in [0, 0.1) is 0 Å². The van der Waals surface area contributed by atoms with Crippen molar-refractivity contribution in [1.29, 1.82) is 0 Å². The Morgan fingerprint density at radius 3 is 1.77 bits per heavy atom. The Kier molecular flexibility index (Phi) is 4.42. The van der Waals surface area contributed by atoms with E-state index in [0.29, 0.717) is 0 Å². The van der Waals surface area contributed by atoms with Gasteiger partial charge < -0.3 is 9.13 Å². The number of rotatable bonds is 2. The van der Waals surface area contributed by atoms with Gasteiger partial charge in [0.2, 0.25) is 0 Å². The minimum Gasteiger partial charge on any atom is -0.309 e. The van der Waals surface area contributed by atoms with E-state index in [1.165, 1.54) is 54.4 Å². The second kappa shape index (κ2) is 8.34. The maximum Gasteiger partial charge on any atom is 0.145 e. The lowest BCUT2D eigenvalue weighted by atomic mass is 10.00. The minimum atomic E-state index is 0.969. The third kappa shape index (κ3) is 2.97. The van der Waals surface area contributed by atoms with Crippen LogP contribution >= 0.6 is 0 Å². The molecule has 0 aliphatic carbocycles. The summed E-state index contributed by atoms with van der Waals surface area (Å²) in [6.07, 6.45) is 4.01. The number of fused-ring (bicyclic) bond motifs is 13. The molecule has 4 aromatic heterocycles. The lowest BCUT2D eigenvalue weighted by Crippen LogP contribution is -1.97. The van der Waals surface area contributed by atoms with E-state index in [4.69, 9.17) is 4.98 Å². The Morgan fingerprint density at radius 2 is 1.02 bits per heavy atom. The molecule has 0 aliphatic rings. The Hall–Kier alpha value is -5.87. The first-order valence-electron chi connectivity index (χ1n) is 14.7. The number of imidazole rings is 1. The molecule has 4 heteroatoms. The molecule has 0 aliphatic heterocycles. The van der Waals surface area contributed by atoms with E-state index in [-0.39, 0.29) is 0 Å². The average Bonchev–Trinajstić information content (AvgIpc) is 3.78. The highest BCUT2D eigenvalue weighted by atomic mass is 15.0. The zero-order chi connectivity index (χ0) is 28.1. The number of hydrogen-bond donors (Lipinski definition) is 0. The third-order valence-corrected chi connectivity index (χ3v) is 9.07. The SMILES string of the molecule is c1ccc(-n2c3ccccc3c3cc4c5c(ccc6c7ccccc7n(-c7ccccc7)c65)c5nccn5c4cc32)cc1. The molecule has 0 saturated heterocycles. The van der Waals surface area contributed by atoms with Crippen LogP contribution in [0.1, 0.15) is 0 Å². The largest absolute Gasteiger partial charge is 0.309 e. The summed E-state index contributed by atoms with van der Waals surface area (Å²) in [6, 6.07) is 48.2. The van der Waals surface area contributed by atoms with Gasteiger partial charge in [0.25, 0.3) is 0 Å². The second-order valence-corrected chi connectivity index (χ2v) is 11.3. The lowest BCUT2D eigenvalue weighted by molar-refractivity contribution is 1.18. The summed E-state index contributed by atoms with van der Waals surface area (Å²) in [5.41, 5.74) is 9.22. The van der Waals surface area contributed by atoms with Crippen molar-refractivity contribution in [2.75, 3.05) is 0 Å². The van der Waals surface area contributed by atoms with E-state index in [1.807, 2.05) is 6.20 Å². The molecule has 10 aromatic rings. The molecule has 0 atom stereocenters. The summed E-state index contributed by atoms with van der Waals surface area (Å²) in [5, 5.41) is 8.58. The molecule has 0 fully saturated rings. The van der Waals surface area contributed by atoms with Gasteiger partial charge in [-0.25, -0.2) is 4.98 Å². The fourth-order valence-electron chi connectivity index (χ4n) is 7.32. The van der Waals surface area contributed by atoms with Gasteiger partial charge in [-0.3, -0.25) is 4.40 Å². The lowest BCUT2D eigenvalue weighted by Gasteiger charge is -2.14. The second-order valence-electron chi connectivity index (χ2n) is 11.3. The van der Waals surface area contributed by atoms with Gasteiger partial charge in [-0.1, -0.05) is 78.9 Å². The van der Waals surface area contributed by atoms with Crippen LogP contribution in [0.3, 0.4) is 0 Å². The van der Waals surface area contributed by atoms with Crippen molar-refractivity contribution in [3.8, 4) is 11.4 Å². The van der Waals surface area contributed by atoms with Crippen LogP contribution in [0.4, 0.5) is 0 Å². The summed E-state index contributed by atoms with van der Waals surface area (Å²) in [4.78, 5) is 4.91. The van der Waals surface area contributed by atoms with Crippen LogP contribution in [-0.4, -0.2) is 18.5 Å². The molecule has 0 amide bonds. The summed E-state index contributed by atoms with van der Waals surface area (Å²) in [6.45, 7) is 0.